The first-order valence-electron chi connectivity index (χ1n) is 5.65. The number of halogens is 1. The van der Waals surface area contributed by atoms with Gasteiger partial charge in [-0.2, -0.15) is 0 Å². The fourth-order valence-electron chi connectivity index (χ4n) is 1.68. The van der Waals surface area contributed by atoms with Crippen molar-refractivity contribution in [2.45, 2.75) is 26.3 Å². The van der Waals surface area contributed by atoms with Gasteiger partial charge in [-0.15, -0.1) is 0 Å². The molecule has 88 valence electrons. The minimum Gasteiger partial charge on any atom is -0.313 e. The highest BCUT2D eigenvalue weighted by atomic mass is 35.5. The van der Waals surface area contributed by atoms with E-state index in [0.717, 1.165) is 11.4 Å². The van der Waals surface area contributed by atoms with Crippen molar-refractivity contribution in [1.29, 1.82) is 0 Å². The lowest BCUT2D eigenvalue weighted by atomic mass is 9.92. The normalized spacial score (nSPS) is 12.8. The van der Waals surface area contributed by atoms with E-state index in [1.54, 1.807) is 0 Å². The number of hydrogen-bond donors (Lipinski definition) is 1. The maximum atomic E-state index is 5.86. The van der Waals surface area contributed by atoms with Crippen LogP contribution in [0.3, 0.4) is 0 Å². The summed E-state index contributed by atoms with van der Waals surface area (Å²) in [6, 6.07) is 8.34. The van der Waals surface area contributed by atoms with Gasteiger partial charge in [0.05, 0.1) is 0 Å². The molecule has 16 heavy (non-hydrogen) atoms. The third-order valence-corrected chi connectivity index (χ3v) is 3.14. The van der Waals surface area contributed by atoms with E-state index in [4.69, 9.17) is 11.6 Å². The van der Waals surface area contributed by atoms with Crippen molar-refractivity contribution in [2.24, 2.45) is 5.92 Å². The number of rotatable bonds is 5. The lowest BCUT2D eigenvalue weighted by Crippen LogP contribution is -2.31. The Morgan fingerprint density at radius 3 is 2.31 bits per heavy atom. The third-order valence-electron chi connectivity index (χ3n) is 2.89. The predicted molar refractivity (Wildman–Crippen MR) is 72.0 cm³/mol. The summed E-state index contributed by atoms with van der Waals surface area (Å²) >= 11 is 5.86. The van der Waals surface area contributed by atoms with Crippen molar-refractivity contribution >= 4 is 11.6 Å². The van der Waals surface area contributed by atoms with E-state index in [1.807, 2.05) is 19.2 Å². The second-order valence-corrected chi connectivity index (χ2v) is 4.84. The molecule has 0 amide bonds. The van der Waals surface area contributed by atoms with Gasteiger partial charge < -0.3 is 5.32 Å². The first kappa shape index (κ1) is 13.3. The molecule has 1 aromatic carbocycles. The summed E-state index contributed by atoms with van der Waals surface area (Å²) in [4.78, 5) is 0. The highest BCUT2D eigenvalue weighted by Crippen LogP contribution is 2.17. The quantitative estimate of drug-likeness (QED) is 0.771. The standard InChI is InChI=1S/C14H20ClN/c1-10(2)11(3)14(16-4)9-12-5-7-13(15)8-6-12/h5-8,10,14,16H,3,9H2,1-2,4H3/t14-/m1/s1. The van der Waals surface area contributed by atoms with Crippen LogP contribution in [0.25, 0.3) is 0 Å². The van der Waals surface area contributed by atoms with E-state index >= 15 is 0 Å². The summed E-state index contributed by atoms with van der Waals surface area (Å²) < 4.78 is 0. The second kappa shape index (κ2) is 6.07. The number of hydrogen-bond acceptors (Lipinski definition) is 1. The summed E-state index contributed by atoms with van der Waals surface area (Å²) in [6.07, 6.45) is 0.963. The minimum atomic E-state index is 0.334. The first-order chi connectivity index (χ1) is 7.54. The van der Waals surface area contributed by atoms with E-state index in [-0.39, 0.29) is 0 Å². The van der Waals surface area contributed by atoms with E-state index in [9.17, 15) is 0 Å². The Kier molecular flexibility index (Phi) is 5.04. The predicted octanol–water partition coefficient (Wildman–Crippen LogP) is 3.68. The van der Waals surface area contributed by atoms with Crippen LogP contribution in [0.15, 0.2) is 36.4 Å². The van der Waals surface area contributed by atoms with Gasteiger partial charge in [0.2, 0.25) is 0 Å². The van der Waals surface area contributed by atoms with Crippen LogP contribution in [-0.2, 0) is 6.42 Å². The molecule has 0 aliphatic carbocycles. The van der Waals surface area contributed by atoms with Crippen molar-refractivity contribution in [2.75, 3.05) is 7.05 Å². The number of likely N-dealkylation sites (N-methyl/N-ethyl adjacent to an activating group) is 1. The Morgan fingerprint density at radius 2 is 1.88 bits per heavy atom. The molecule has 1 N–H and O–H groups in total. The van der Waals surface area contributed by atoms with Crippen molar-refractivity contribution < 1.29 is 0 Å². The van der Waals surface area contributed by atoms with Gasteiger partial charge in [0.1, 0.15) is 0 Å². The Labute approximate surface area is 104 Å². The topological polar surface area (TPSA) is 12.0 Å². The molecule has 1 rings (SSSR count). The number of benzene rings is 1. The highest BCUT2D eigenvalue weighted by molar-refractivity contribution is 6.30. The van der Waals surface area contributed by atoms with Crippen molar-refractivity contribution in [3.05, 3.63) is 47.0 Å². The van der Waals surface area contributed by atoms with Gasteiger partial charge in [0, 0.05) is 11.1 Å². The molecule has 2 heteroatoms. The molecular weight excluding hydrogens is 218 g/mol. The molecule has 0 aliphatic rings. The zero-order valence-electron chi connectivity index (χ0n) is 10.3. The Bertz CT molecular complexity index is 340. The van der Waals surface area contributed by atoms with Crippen LogP contribution in [0.4, 0.5) is 0 Å². The van der Waals surface area contributed by atoms with Gasteiger partial charge in [-0.3, -0.25) is 0 Å². The van der Waals surface area contributed by atoms with Crippen LogP contribution in [0.1, 0.15) is 19.4 Å². The van der Waals surface area contributed by atoms with Gasteiger partial charge in [-0.05, 0) is 37.1 Å². The minimum absolute atomic E-state index is 0.334. The molecule has 0 spiro atoms. The highest BCUT2D eigenvalue weighted by Gasteiger charge is 2.13. The average Bonchev–Trinajstić information content (AvgIpc) is 2.27. The van der Waals surface area contributed by atoms with Crippen molar-refractivity contribution in [1.82, 2.24) is 5.32 Å². The van der Waals surface area contributed by atoms with Gasteiger partial charge in [0.25, 0.3) is 0 Å². The van der Waals surface area contributed by atoms with Crippen LogP contribution in [0.2, 0.25) is 5.02 Å². The lowest BCUT2D eigenvalue weighted by Gasteiger charge is -2.21. The van der Waals surface area contributed by atoms with Gasteiger partial charge in [-0.1, -0.05) is 49.7 Å². The van der Waals surface area contributed by atoms with Crippen LogP contribution >= 0.6 is 11.6 Å². The van der Waals surface area contributed by atoms with E-state index in [1.165, 1.54) is 11.1 Å². The Morgan fingerprint density at radius 1 is 1.31 bits per heavy atom. The van der Waals surface area contributed by atoms with Crippen molar-refractivity contribution in [3.8, 4) is 0 Å². The maximum Gasteiger partial charge on any atom is 0.0406 e. The van der Waals surface area contributed by atoms with Gasteiger partial charge in [-0.25, -0.2) is 0 Å². The zero-order valence-corrected chi connectivity index (χ0v) is 11.0. The lowest BCUT2D eigenvalue weighted by molar-refractivity contribution is 0.567. The molecule has 0 saturated carbocycles. The van der Waals surface area contributed by atoms with E-state index in [0.29, 0.717) is 12.0 Å². The van der Waals surface area contributed by atoms with E-state index < -0.39 is 0 Å². The molecule has 0 aromatic heterocycles. The van der Waals surface area contributed by atoms with Crippen molar-refractivity contribution in [3.63, 3.8) is 0 Å². The third kappa shape index (κ3) is 3.66. The fraction of sp³-hybridized carbons (Fsp3) is 0.429. The molecule has 0 bridgehead atoms. The maximum absolute atomic E-state index is 5.86. The second-order valence-electron chi connectivity index (χ2n) is 4.40. The smallest absolute Gasteiger partial charge is 0.0406 e. The molecule has 0 saturated heterocycles. The molecule has 1 nitrogen and oxygen atoms in total. The average molecular weight is 238 g/mol. The largest absolute Gasteiger partial charge is 0.313 e. The monoisotopic (exact) mass is 237 g/mol. The molecular formula is C14H20ClN. The summed E-state index contributed by atoms with van der Waals surface area (Å²) in [5.74, 6) is 0.504. The molecule has 0 fully saturated rings. The first-order valence-corrected chi connectivity index (χ1v) is 6.02. The van der Waals surface area contributed by atoms with Crippen LogP contribution in [0, 0.1) is 5.92 Å². The Balaban J connectivity index is 2.70. The summed E-state index contributed by atoms with van der Waals surface area (Å²) in [5, 5.41) is 4.10. The van der Waals surface area contributed by atoms with Gasteiger partial charge in [0.15, 0.2) is 0 Å². The SMILES string of the molecule is C=C(C(C)C)[C@@H](Cc1ccc(Cl)cc1)NC. The summed E-state index contributed by atoms with van der Waals surface area (Å²) in [5.41, 5.74) is 2.53. The Hall–Kier alpha value is -0.790. The molecule has 0 unspecified atom stereocenters. The molecule has 1 atom stereocenters. The van der Waals surface area contributed by atoms with Crippen LogP contribution in [-0.4, -0.2) is 13.1 Å². The van der Waals surface area contributed by atoms with Crippen LogP contribution < -0.4 is 5.32 Å². The molecule has 0 aliphatic heterocycles. The van der Waals surface area contributed by atoms with Crippen LogP contribution in [0.5, 0.6) is 0 Å². The molecule has 0 heterocycles. The zero-order chi connectivity index (χ0) is 12.1. The number of nitrogens with one attached hydrogen (secondary N) is 1. The van der Waals surface area contributed by atoms with Gasteiger partial charge >= 0.3 is 0 Å². The molecule has 1 aromatic rings. The van der Waals surface area contributed by atoms with E-state index in [2.05, 4.69) is 37.9 Å². The summed E-state index contributed by atoms with van der Waals surface area (Å²) in [7, 11) is 1.98. The molecule has 0 radical (unpaired) electrons. The summed E-state index contributed by atoms with van der Waals surface area (Å²) in [6.45, 7) is 8.50. The fourth-order valence-corrected chi connectivity index (χ4v) is 1.80.